The largest absolute Gasteiger partial charge is 0.462 e. The summed E-state index contributed by atoms with van der Waals surface area (Å²) in [5.41, 5.74) is 0. The van der Waals surface area contributed by atoms with E-state index in [1.807, 2.05) is 0 Å². The van der Waals surface area contributed by atoms with Crippen LogP contribution in [0.15, 0.2) is 72.9 Å². The number of esters is 2. The van der Waals surface area contributed by atoms with Crippen LogP contribution in [0.2, 0.25) is 0 Å². The minimum Gasteiger partial charge on any atom is -0.462 e. The third-order valence-electron chi connectivity index (χ3n) is 12.6. The van der Waals surface area contributed by atoms with Crippen LogP contribution in [0.5, 0.6) is 0 Å². The molecule has 72 heavy (non-hydrogen) atoms. The first kappa shape index (κ1) is 65.1. The summed E-state index contributed by atoms with van der Waals surface area (Å²) in [6, 6.07) is 0. The molecule has 2 fully saturated rings. The minimum absolute atomic E-state index is 0.153. The van der Waals surface area contributed by atoms with Crippen LogP contribution in [0, 0.1) is 0 Å². The van der Waals surface area contributed by atoms with E-state index in [1.54, 1.807) is 0 Å². The highest BCUT2D eigenvalue weighted by atomic mass is 16.7. The second kappa shape index (κ2) is 43.2. The second-order valence-corrected chi connectivity index (χ2v) is 19.0. The van der Waals surface area contributed by atoms with E-state index in [0.29, 0.717) is 12.8 Å². The van der Waals surface area contributed by atoms with E-state index >= 15 is 0 Å². The standard InChI is InChI=1S/C57H96O15/c1-3-5-7-9-11-13-15-17-18-19-20-21-22-23-24-25-26-28-30-32-34-36-38-40-49(60)70-45(42-67-48(59)39-37-35-33-31-29-27-16-14-12-10-8-6-4-2)43-68-56-55(66)53(64)51(62)47(72-56)44-69-57-54(65)52(63)50(61)46(41-58)71-57/h5,7-8,10-11,13-14,16-18,20-21,45-47,50-58,61-66H,3-4,6,9,12,15,19,22-44H2,1-2H3/b7-5-,10-8-,13-11-,16-14-,18-17-,21-20-. The van der Waals surface area contributed by atoms with Crippen molar-refractivity contribution in [2.75, 3.05) is 26.4 Å². The van der Waals surface area contributed by atoms with Crippen molar-refractivity contribution in [1.29, 1.82) is 0 Å². The summed E-state index contributed by atoms with van der Waals surface area (Å²) < 4.78 is 33.6. The van der Waals surface area contributed by atoms with Crippen LogP contribution < -0.4 is 0 Å². The van der Waals surface area contributed by atoms with Gasteiger partial charge >= 0.3 is 11.9 Å². The van der Waals surface area contributed by atoms with E-state index in [-0.39, 0.29) is 19.4 Å². The van der Waals surface area contributed by atoms with Crippen molar-refractivity contribution < 1.29 is 73.8 Å². The molecule has 2 saturated heterocycles. The third kappa shape index (κ3) is 30.3. The predicted molar refractivity (Wildman–Crippen MR) is 279 cm³/mol. The lowest BCUT2D eigenvalue weighted by Crippen LogP contribution is -2.61. The molecule has 0 aromatic carbocycles. The first-order chi connectivity index (χ1) is 35.0. The van der Waals surface area contributed by atoms with Gasteiger partial charge in [-0.3, -0.25) is 9.59 Å². The molecule has 0 aromatic rings. The lowest BCUT2D eigenvalue weighted by Gasteiger charge is -2.42. The van der Waals surface area contributed by atoms with Crippen molar-refractivity contribution in [2.24, 2.45) is 0 Å². The highest BCUT2D eigenvalue weighted by Gasteiger charge is 2.47. The van der Waals surface area contributed by atoms with Gasteiger partial charge in [-0.15, -0.1) is 0 Å². The molecule has 0 bridgehead atoms. The Labute approximate surface area is 432 Å². The number of aliphatic hydroxyl groups is 7. The summed E-state index contributed by atoms with van der Waals surface area (Å²) in [5, 5.41) is 72.2. The molecule has 2 rings (SSSR count). The summed E-state index contributed by atoms with van der Waals surface area (Å²) in [4.78, 5) is 25.8. The zero-order valence-corrected chi connectivity index (χ0v) is 43.9. The fourth-order valence-corrected chi connectivity index (χ4v) is 8.19. The lowest BCUT2D eigenvalue weighted by molar-refractivity contribution is -0.332. The Kier molecular flexibility index (Phi) is 39.0. The van der Waals surface area contributed by atoms with Gasteiger partial charge < -0.3 is 64.2 Å². The summed E-state index contributed by atoms with van der Waals surface area (Å²) in [6.07, 6.45) is 35.0. The zero-order chi connectivity index (χ0) is 52.4. The van der Waals surface area contributed by atoms with Gasteiger partial charge in [-0.25, -0.2) is 0 Å². The summed E-state index contributed by atoms with van der Waals surface area (Å²) in [6.45, 7) is 2.39. The van der Waals surface area contributed by atoms with Gasteiger partial charge in [-0.1, -0.05) is 164 Å². The van der Waals surface area contributed by atoms with Crippen molar-refractivity contribution in [1.82, 2.24) is 0 Å². The van der Waals surface area contributed by atoms with E-state index in [2.05, 4.69) is 86.8 Å². The Morgan fingerprint density at radius 3 is 1.38 bits per heavy atom. The van der Waals surface area contributed by atoms with Crippen LogP contribution in [0.25, 0.3) is 0 Å². The maximum absolute atomic E-state index is 13.0. The van der Waals surface area contributed by atoms with Gasteiger partial charge in [0, 0.05) is 12.8 Å². The number of hydrogen-bond donors (Lipinski definition) is 7. The molecule has 15 nitrogen and oxygen atoms in total. The van der Waals surface area contributed by atoms with Gasteiger partial charge in [0.1, 0.15) is 55.4 Å². The molecule has 0 amide bonds. The Hall–Kier alpha value is -3.06. The van der Waals surface area contributed by atoms with Crippen LogP contribution in [0.3, 0.4) is 0 Å². The number of carbonyl (C=O) groups excluding carboxylic acids is 2. The normalized spacial score (nSPS) is 25.6. The number of hydrogen-bond acceptors (Lipinski definition) is 15. The number of aliphatic hydroxyl groups excluding tert-OH is 7. The van der Waals surface area contributed by atoms with Crippen molar-refractivity contribution >= 4 is 11.9 Å². The SMILES string of the molecule is CC/C=C\C/C=C\C/C=C\C/C=C\CCCCCCCCCCCCC(=O)OC(COC(=O)CCCCCCC/C=C\C/C=C\CCC)COC1OC(COC2OC(CO)C(O)C(O)C2O)C(O)C(O)C1O. The Bertz CT molecular complexity index is 1530. The van der Waals surface area contributed by atoms with Gasteiger partial charge in [0.25, 0.3) is 0 Å². The highest BCUT2D eigenvalue weighted by Crippen LogP contribution is 2.26. The molecular weight excluding hydrogens is 925 g/mol. The lowest BCUT2D eigenvalue weighted by atomic mass is 9.98. The average molecular weight is 1020 g/mol. The van der Waals surface area contributed by atoms with Crippen LogP contribution in [-0.2, 0) is 38.0 Å². The van der Waals surface area contributed by atoms with Crippen LogP contribution >= 0.6 is 0 Å². The van der Waals surface area contributed by atoms with Gasteiger partial charge in [-0.2, -0.15) is 0 Å². The maximum Gasteiger partial charge on any atom is 0.306 e. The van der Waals surface area contributed by atoms with Crippen molar-refractivity contribution in [3.05, 3.63) is 72.9 Å². The van der Waals surface area contributed by atoms with Crippen molar-refractivity contribution in [2.45, 2.75) is 248 Å². The molecule has 11 atom stereocenters. The molecule has 0 radical (unpaired) electrons. The van der Waals surface area contributed by atoms with E-state index in [4.69, 9.17) is 28.4 Å². The van der Waals surface area contributed by atoms with Gasteiger partial charge in [-0.05, 0) is 77.0 Å². The quantitative estimate of drug-likeness (QED) is 0.0172. The summed E-state index contributed by atoms with van der Waals surface area (Å²) in [7, 11) is 0. The molecule has 414 valence electrons. The molecule has 0 spiro atoms. The third-order valence-corrected chi connectivity index (χ3v) is 12.6. The average Bonchev–Trinajstić information content (AvgIpc) is 3.37. The topological polar surface area (TPSA) is 231 Å². The smallest absolute Gasteiger partial charge is 0.306 e. The monoisotopic (exact) mass is 1020 g/mol. The number of unbranched alkanes of at least 4 members (excludes halogenated alkanes) is 16. The number of rotatable bonds is 42. The van der Waals surface area contributed by atoms with Gasteiger partial charge in [0.2, 0.25) is 0 Å². The van der Waals surface area contributed by atoms with E-state index in [0.717, 1.165) is 109 Å². The van der Waals surface area contributed by atoms with Crippen molar-refractivity contribution in [3.63, 3.8) is 0 Å². The zero-order valence-electron chi connectivity index (χ0n) is 43.9. The Morgan fingerprint density at radius 2 is 0.875 bits per heavy atom. The minimum atomic E-state index is -1.77. The molecule has 15 heteroatoms. The molecular formula is C57H96O15. The number of carbonyl (C=O) groups is 2. The molecule has 7 N–H and O–H groups in total. The van der Waals surface area contributed by atoms with E-state index in [9.17, 15) is 45.3 Å². The number of ether oxygens (including phenoxy) is 6. The second-order valence-electron chi connectivity index (χ2n) is 19.0. The van der Waals surface area contributed by atoms with E-state index in [1.165, 1.54) is 32.1 Å². The van der Waals surface area contributed by atoms with Crippen LogP contribution in [0.4, 0.5) is 0 Å². The van der Waals surface area contributed by atoms with Gasteiger partial charge in [0.15, 0.2) is 18.7 Å². The highest BCUT2D eigenvalue weighted by molar-refractivity contribution is 5.70. The van der Waals surface area contributed by atoms with Gasteiger partial charge in [0.05, 0.1) is 19.8 Å². The Balaban J connectivity index is 1.76. The van der Waals surface area contributed by atoms with Crippen LogP contribution in [-0.4, -0.2) is 142 Å². The van der Waals surface area contributed by atoms with Crippen LogP contribution in [0.1, 0.15) is 181 Å². The molecule has 2 aliphatic rings. The van der Waals surface area contributed by atoms with E-state index < -0.39 is 99.3 Å². The predicted octanol–water partition coefficient (Wildman–Crippen LogP) is 8.60. The maximum atomic E-state index is 13.0. The Morgan fingerprint density at radius 1 is 0.458 bits per heavy atom. The molecule has 0 saturated carbocycles. The first-order valence-electron chi connectivity index (χ1n) is 27.5. The number of allylic oxidation sites excluding steroid dienone is 12. The molecule has 2 aliphatic heterocycles. The fraction of sp³-hybridized carbons (Fsp3) is 0.754. The fourth-order valence-electron chi connectivity index (χ4n) is 8.19. The molecule has 0 aromatic heterocycles. The first-order valence-corrected chi connectivity index (χ1v) is 27.5. The van der Waals surface area contributed by atoms with Crippen molar-refractivity contribution in [3.8, 4) is 0 Å². The summed E-state index contributed by atoms with van der Waals surface area (Å²) >= 11 is 0. The molecule has 11 unspecified atom stereocenters. The molecule has 2 heterocycles. The summed E-state index contributed by atoms with van der Waals surface area (Å²) in [5.74, 6) is -0.950. The molecule has 0 aliphatic carbocycles.